The molecule has 1 saturated carbocycles. The highest BCUT2D eigenvalue weighted by Crippen LogP contribution is 2.40. The Hall–Kier alpha value is -2.34. The number of fused-ring (bicyclic) bond motifs is 1. The molecule has 148 valence electrons. The van der Waals surface area contributed by atoms with Gasteiger partial charge in [0.25, 0.3) is 10.0 Å². The summed E-state index contributed by atoms with van der Waals surface area (Å²) in [5.41, 5.74) is 3.48. The lowest BCUT2D eigenvalue weighted by Gasteiger charge is -2.24. The first-order valence-electron chi connectivity index (χ1n) is 9.88. The van der Waals surface area contributed by atoms with Crippen LogP contribution in [0.2, 0.25) is 0 Å². The highest BCUT2D eigenvalue weighted by Gasteiger charge is 2.40. The van der Waals surface area contributed by atoms with Crippen molar-refractivity contribution >= 4 is 27.3 Å². The zero-order valence-corrected chi connectivity index (χ0v) is 17.4. The lowest BCUT2D eigenvalue weighted by Crippen LogP contribution is -2.36. The van der Waals surface area contributed by atoms with Crippen molar-refractivity contribution in [2.24, 2.45) is 5.92 Å². The Balaban J connectivity index is 1.70. The molecule has 1 amide bonds. The molecule has 6 heteroatoms. The summed E-state index contributed by atoms with van der Waals surface area (Å²) in [4.78, 5) is 14.8. The number of hydrogen-bond acceptors (Lipinski definition) is 3. The van der Waals surface area contributed by atoms with Gasteiger partial charge < -0.3 is 4.90 Å². The quantitative estimate of drug-likeness (QED) is 0.768. The van der Waals surface area contributed by atoms with Crippen LogP contribution in [0.25, 0.3) is 0 Å². The second-order valence-corrected chi connectivity index (χ2v) is 9.70. The molecule has 5 nitrogen and oxygen atoms in total. The predicted octanol–water partition coefficient (Wildman–Crippen LogP) is 3.90. The van der Waals surface area contributed by atoms with E-state index in [1.54, 1.807) is 18.2 Å². The predicted molar refractivity (Wildman–Crippen MR) is 111 cm³/mol. The second kappa shape index (κ2) is 6.92. The van der Waals surface area contributed by atoms with E-state index in [0.717, 1.165) is 29.7 Å². The number of nitrogens with zero attached hydrogens (tertiary/aromatic N) is 2. The Labute approximate surface area is 167 Å². The van der Waals surface area contributed by atoms with Gasteiger partial charge in [-0.2, -0.15) is 0 Å². The number of rotatable bonds is 5. The number of carbonyl (C=O) groups is 1. The molecule has 0 bridgehead atoms. The molecule has 1 atom stereocenters. The molecule has 4 rings (SSSR count). The van der Waals surface area contributed by atoms with E-state index in [2.05, 4.69) is 0 Å². The van der Waals surface area contributed by atoms with E-state index in [1.807, 2.05) is 49.9 Å². The summed E-state index contributed by atoms with van der Waals surface area (Å²) >= 11 is 0. The van der Waals surface area contributed by atoms with Gasteiger partial charge in [0.05, 0.1) is 10.6 Å². The third-order valence-corrected chi connectivity index (χ3v) is 7.49. The molecule has 1 aliphatic carbocycles. The summed E-state index contributed by atoms with van der Waals surface area (Å²) in [5.74, 6) is 0.325. The number of anilines is 2. The Morgan fingerprint density at radius 2 is 1.93 bits per heavy atom. The van der Waals surface area contributed by atoms with Crippen LogP contribution in [0.15, 0.2) is 47.4 Å². The first-order chi connectivity index (χ1) is 13.3. The molecule has 0 radical (unpaired) electrons. The topological polar surface area (TPSA) is 57.7 Å². The van der Waals surface area contributed by atoms with Crippen molar-refractivity contribution in [2.45, 2.75) is 51.0 Å². The monoisotopic (exact) mass is 398 g/mol. The van der Waals surface area contributed by atoms with Crippen LogP contribution in [-0.2, 0) is 21.2 Å². The van der Waals surface area contributed by atoms with Gasteiger partial charge >= 0.3 is 0 Å². The summed E-state index contributed by atoms with van der Waals surface area (Å²) < 4.78 is 28.1. The molecule has 2 aromatic rings. The van der Waals surface area contributed by atoms with Gasteiger partial charge in [-0.1, -0.05) is 12.1 Å². The molecule has 28 heavy (non-hydrogen) atoms. The molecule has 1 fully saturated rings. The van der Waals surface area contributed by atoms with E-state index in [1.165, 1.54) is 4.31 Å². The van der Waals surface area contributed by atoms with E-state index < -0.39 is 10.0 Å². The SMILES string of the molecule is CCN(c1cccc(C)c1)S(=O)(=O)c1ccc2c(c1)C[C@H](C)N2C(=O)C1CC1. The highest BCUT2D eigenvalue weighted by atomic mass is 32.2. The fourth-order valence-electron chi connectivity index (χ4n) is 4.03. The van der Waals surface area contributed by atoms with Gasteiger partial charge in [0.15, 0.2) is 0 Å². The average Bonchev–Trinajstić information content (AvgIpc) is 3.43. The number of hydrogen-bond donors (Lipinski definition) is 0. The van der Waals surface area contributed by atoms with Gasteiger partial charge in [-0.05, 0) is 81.5 Å². The summed E-state index contributed by atoms with van der Waals surface area (Å²) in [6.45, 7) is 6.17. The smallest absolute Gasteiger partial charge is 0.264 e. The number of amides is 1. The van der Waals surface area contributed by atoms with Crippen LogP contribution in [-0.4, -0.2) is 26.9 Å². The minimum absolute atomic E-state index is 0.0695. The molecule has 1 heterocycles. The van der Waals surface area contributed by atoms with Gasteiger partial charge in [0.2, 0.25) is 5.91 Å². The molecule has 0 saturated heterocycles. The van der Waals surface area contributed by atoms with Gasteiger partial charge in [0.1, 0.15) is 0 Å². The van der Waals surface area contributed by atoms with Crippen LogP contribution >= 0.6 is 0 Å². The van der Waals surface area contributed by atoms with Gasteiger partial charge in [0, 0.05) is 24.2 Å². The fourth-order valence-corrected chi connectivity index (χ4v) is 5.55. The number of benzene rings is 2. The first-order valence-corrected chi connectivity index (χ1v) is 11.3. The molecule has 0 aromatic heterocycles. The van der Waals surface area contributed by atoms with E-state index in [0.29, 0.717) is 18.7 Å². The maximum Gasteiger partial charge on any atom is 0.264 e. The van der Waals surface area contributed by atoms with E-state index in [4.69, 9.17) is 0 Å². The highest BCUT2D eigenvalue weighted by molar-refractivity contribution is 7.92. The lowest BCUT2D eigenvalue weighted by molar-refractivity contribution is -0.120. The van der Waals surface area contributed by atoms with E-state index in [-0.39, 0.29) is 22.8 Å². The lowest BCUT2D eigenvalue weighted by atomic mass is 10.1. The van der Waals surface area contributed by atoms with Gasteiger partial charge in [-0.3, -0.25) is 9.10 Å². The minimum atomic E-state index is -3.67. The Bertz CT molecular complexity index is 1030. The van der Waals surface area contributed by atoms with Crippen LogP contribution in [0.3, 0.4) is 0 Å². The summed E-state index contributed by atoms with van der Waals surface area (Å²) in [7, 11) is -3.67. The van der Waals surface area contributed by atoms with Crippen molar-refractivity contribution in [3.8, 4) is 0 Å². The molecular weight excluding hydrogens is 372 g/mol. The Morgan fingerprint density at radius 3 is 2.57 bits per heavy atom. The van der Waals surface area contributed by atoms with Crippen LogP contribution in [0.1, 0.15) is 37.8 Å². The van der Waals surface area contributed by atoms with Crippen molar-refractivity contribution in [3.63, 3.8) is 0 Å². The Kier molecular flexibility index (Phi) is 4.70. The van der Waals surface area contributed by atoms with Crippen LogP contribution < -0.4 is 9.21 Å². The molecule has 2 aromatic carbocycles. The normalized spacial score (nSPS) is 18.8. The van der Waals surface area contributed by atoms with Gasteiger partial charge in [-0.15, -0.1) is 0 Å². The number of aryl methyl sites for hydroxylation is 1. The third kappa shape index (κ3) is 3.20. The maximum absolute atomic E-state index is 13.3. The molecule has 0 spiro atoms. The van der Waals surface area contributed by atoms with Crippen molar-refractivity contribution < 1.29 is 13.2 Å². The van der Waals surface area contributed by atoms with E-state index in [9.17, 15) is 13.2 Å². The summed E-state index contributed by atoms with van der Waals surface area (Å²) in [6, 6.07) is 12.8. The largest absolute Gasteiger partial charge is 0.309 e. The van der Waals surface area contributed by atoms with Crippen molar-refractivity contribution in [2.75, 3.05) is 15.7 Å². The summed E-state index contributed by atoms with van der Waals surface area (Å²) in [6.07, 6.45) is 2.62. The molecule has 2 aliphatic rings. The zero-order valence-electron chi connectivity index (χ0n) is 16.6. The molecular formula is C22H26N2O3S. The maximum atomic E-state index is 13.3. The van der Waals surface area contributed by atoms with Gasteiger partial charge in [-0.25, -0.2) is 8.42 Å². The van der Waals surface area contributed by atoms with Crippen LogP contribution in [0.5, 0.6) is 0 Å². The molecule has 0 N–H and O–H groups in total. The van der Waals surface area contributed by atoms with Crippen LogP contribution in [0.4, 0.5) is 11.4 Å². The van der Waals surface area contributed by atoms with Crippen LogP contribution in [0, 0.1) is 12.8 Å². The number of carbonyl (C=O) groups excluding carboxylic acids is 1. The molecule has 0 unspecified atom stereocenters. The standard InChI is InChI=1S/C22H26N2O3S/c1-4-23(19-7-5-6-15(2)12-19)28(26,27)20-10-11-21-18(14-20)13-16(3)24(21)22(25)17-8-9-17/h5-7,10-12,14,16-17H,4,8-9,13H2,1-3H3/t16-/m0/s1. The van der Waals surface area contributed by atoms with E-state index >= 15 is 0 Å². The summed E-state index contributed by atoms with van der Waals surface area (Å²) in [5, 5.41) is 0. The minimum Gasteiger partial charge on any atom is -0.309 e. The zero-order chi connectivity index (χ0) is 20.1. The van der Waals surface area contributed by atoms with Crippen molar-refractivity contribution in [1.29, 1.82) is 0 Å². The average molecular weight is 399 g/mol. The molecule has 1 aliphatic heterocycles. The third-order valence-electron chi connectivity index (χ3n) is 5.60. The van der Waals surface area contributed by atoms with Crippen molar-refractivity contribution in [3.05, 3.63) is 53.6 Å². The second-order valence-electron chi connectivity index (χ2n) is 7.83. The first kappa shape index (κ1) is 19.0. The number of sulfonamides is 1. The Morgan fingerprint density at radius 1 is 1.18 bits per heavy atom. The van der Waals surface area contributed by atoms with Crippen molar-refractivity contribution in [1.82, 2.24) is 0 Å². The fraction of sp³-hybridized carbons (Fsp3) is 0.409.